The second-order valence-corrected chi connectivity index (χ2v) is 6.72. The van der Waals surface area contributed by atoms with Crippen molar-refractivity contribution in [3.8, 4) is 0 Å². The molecule has 0 saturated carbocycles. The summed E-state index contributed by atoms with van der Waals surface area (Å²) >= 11 is 0. The molecule has 2 heterocycles. The van der Waals surface area contributed by atoms with E-state index in [1.54, 1.807) is 0 Å². The number of nitrogens with zero attached hydrogens (tertiary/aromatic N) is 5. The van der Waals surface area contributed by atoms with Gasteiger partial charge in [-0.05, 0) is 18.9 Å². The number of rotatable bonds is 3. The molecule has 1 unspecified atom stereocenters. The van der Waals surface area contributed by atoms with E-state index in [1.165, 1.54) is 5.56 Å². The number of aromatic nitrogens is 3. The predicted octanol–water partition coefficient (Wildman–Crippen LogP) is 2.48. The van der Waals surface area contributed by atoms with Crippen LogP contribution in [-0.2, 0) is 19.0 Å². The molecule has 7 heteroatoms. The van der Waals surface area contributed by atoms with Crippen molar-refractivity contribution >= 4 is 29.9 Å². The maximum Gasteiger partial charge on any atom is 0.194 e. The molecule has 1 fully saturated rings. The first-order valence-electron chi connectivity index (χ1n) is 8.39. The highest BCUT2D eigenvalue weighted by atomic mass is 127. The summed E-state index contributed by atoms with van der Waals surface area (Å²) < 4.78 is 2.00. The normalized spacial score (nSPS) is 20.5. The van der Waals surface area contributed by atoms with E-state index in [0.29, 0.717) is 6.54 Å². The van der Waals surface area contributed by atoms with Crippen LogP contribution in [-0.4, -0.2) is 45.8 Å². The standard InChI is InChI=1S/C18H26N6.HI/c1-14-21-22-16(23(14)4)12-20-17(19-3)24-11-10-18(2,13-24)15-8-6-5-7-9-15;/h5-9H,10-13H2,1-4H3,(H,19,20);1H. The van der Waals surface area contributed by atoms with E-state index in [0.717, 1.165) is 37.1 Å². The smallest absolute Gasteiger partial charge is 0.194 e. The van der Waals surface area contributed by atoms with Gasteiger partial charge in [-0.3, -0.25) is 4.99 Å². The second-order valence-electron chi connectivity index (χ2n) is 6.72. The SMILES string of the molecule is CN=C(NCc1nnc(C)n1C)N1CCC(C)(c2ccccc2)C1.I. The molecule has 1 aromatic heterocycles. The number of nitrogens with one attached hydrogen (secondary N) is 1. The van der Waals surface area contributed by atoms with Crippen molar-refractivity contribution in [3.05, 3.63) is 47.5 Å². The van der Waals surface area contributed by atoms with Crippen LogP contribution in [0.3, 0.4) is 0 Å². The zero-order valence-corrected chi connectivity index (χ0v) is 17.7. The van der Waals surface area contributed by atoms with Crippen molar-refractivity contribution in [2.24, 2.45) is 12.0 Å². The number of halogens is 1. The Balaban J connectivity index is 0.00000225. The Morgan fingerprint density at radius 2 is 2.00 bits per heavy atom. The molecule has 1 N–H and O–H groups in total. The van der Waals surface area contributed by atoms with Gasteiger partial charge in [-0.15, -0.1) is 34.2 Å². The third kappa shape index (κ3) is 4.13. The molecule has 1 aliphatic heterocycles. The molecule has 0 bridgehead atoms. The largest absolute Gasteiger partial charge is 0.349 e. The minimum Gasteiger partial charge on any atom is -0.349 e. The van der Waals surface area contributed by atoms with Crippen LogP contribution in [0.4, 0.5) is 0 Å². The van der Waals surface area contributed by atoms with Crippen LogP contribution in [0.1, 0.15) is 30.6 Å². The molecular weight excluding hydrogens is 427 g/mol. The Labute approximate surface area is 166 Å². The summed E-state index contributed by atoms with van der Waals surface area (Å²) in [5, 5.41) is 11.7. The van der Waals surface area contributed by atoms with Gasteiger partial charge in [0.1, 0.15) is 5.82 Å². The summed E-state index contributed by atoms with van der Waals surface area (Å²) in [5.74, 6) is 2.76. The second kappa shape index (κ2) is 8.16. The Kier molecular flexibility index (Phi) is 6.42. The maximum absolute atomic E-state index is 4.45. The molecule has 136 valence electrons. The van der Waals surface area contributed by atoms with Crippen LogP contribution in [0.5, 0.6) is 0 Å². The van der Waals surface area contributed by atoms with Gasteiger partial charge in [0.05, 0.1) is 6.54 Å². The van der Waals surface area contributed by atoms with E-state index in [-0.39, 0.29) is 29.4 Å². The van der Waals surface area contributed by atoms with E-state index >= 15 is 0 Å². The lowest BCUT2D eigenvalue weighted by molar-refractivity contribution is 0.437. The lowest BCUT2D eigenvalue weighted by Gasteiger charge is -2.27. The summed E-state index contributed by atoms with van der Waals surface area (Å²) in [6.07, 6.45) is 1.13. The summed E-state index contributed by atoms with van der Waals surface area (Å²) in [4.78, 5) is 6.78. The maximum atomic E-state index is 4.45. The van der Waals surface area contributed by atoms with Crippen molar-refractivity contribution in [1.82, 2.24) is 25.0 Å². The third-order valence-electron chi connectivity index (χ3n) is 5.04. The fraction of sp³-hybridized carbons (Fsp3) is 0.500. The van der Waals surface area contributed by atoms with Crippen LogP contribution in [0.15, 0.2) is 35.3 Å². The molecule has 6 nitrogen and oxygen atoms in total. The van der Waals surface area contributed by atoms with E-state index in [4.69, 9.17) is 0 Å². The molecule has 0 radical (unpaired) electrons. The summed E-state index contributed by atoms with van der Waals surface area (Å²) in [6, 6.07) is 10.8. The van der Waals surface area contributed by atoms with Crippen molar-refractivity contribution in [2.75, 3.05) is 20.1 Å². The highest BCUT2D eigenvalue weighted by Gasteiger charge is 2.36. The first-order chi connectivity index (χ1) is 11.5. The van der Waals surface area contributed by atoms with Gasteiger partial charge in [-0.1, -0.05) is 37.3 Å². The van der Waals surface area contributed by atoms with Crippen LogP contribution >= 0.6 is 24.0 Å². The van der Waals surface area contributed by atoms with Crippen LogP contribution < -0.4 is 5.32 Å². The molecule has 1 aliphatic rings. The quantitative estimate of drug-likeness (QED) is 0.440. The predicted molar refractivity (Wildman–Crippen MR) is 111 cm³/mol. The van der Waals surface area contributed by atoms with Gasteiger partial charge in [0, 0.05) is 32.6 Å². The molecule has 0 amide bonds. The Hall–Kier alpha value is -1.64. The van der Waals surface area contributed by atoms with E-state index in [2.05, 4.69) is 62.7 Å². The summed E-state index contributed by atoms with van der Waals surface area (Å²) in [6.45, 7) is 6.89. The van der Waals surface area contributed by atoms with Gasteiger partial charge in [-0.2, -0.15) is 0 Å². The molecule has 3 rings (SSSR count). The van der Waals surface area contributed by atoms with Crippen LogP contribution in [0, 0.1) is 6.92 Å². The zero-order valence-electron chi connectivity index (χ0n) is 15.4. The average molecular weight is 454 g/mol. The van der Waals surface area contributed by atoms with Gasteiger partial charge in [-0.25, -0.2) is 0 Å². The third-order valence-corrected chi connectivity index (χ3v) is 5.04. The van der Waals surface area contributed by atoms with E-state index < -0.39 is 0 Å². The number of hydrogen-bond acceptors (Lipinski definition) is 3. The van der Waals surface area contributed by atoms with Crippen molar-refractivity contribution in [1.29, 1.82) is 0 Å². The van der Waals surface area contributed by atoms with Gasteiger partial charge >= 0.3 is 0 Å². The Morgan fingerprint density at radius 1 is 1.28 bits per heavy atom. The molecule has 25 heavy (non-hydrogen) atoms. The number of aryl methyl sites for hydroxylation is 1. The fourth-order valence-electron chi connectivity index (χ4n) is 3.31. The van der Waals surface area contributed by atoms with Crippen molar-refractivity contribution < 1.29 is 0 Å². The van der Waals surface area contributed by atoms with Crippen molar-refractivity contribution in [2.45, 2.75) is 32.2 Å². The Morgan fingerprint density at radius 3 is 2.60 bits per heavy atom. The summed E-state index contributed by atoms with van der Waals surface area (Å²) in [7, 11) is 3.82. The molecule has 1 saturated heterocycles. The molecule has 0 spiro atoms. The number of likely N-dealkylation sites (tertiary alicyclic amines) is 1. The topological polar surface area (TPSA) is 58.3 Å². The van der Waals surface area contributed by atoms with Crippen LogP contribution in [0.2, 0.25) is 0 Å². The van der Waals surface area contributed by atoms with E-state index in [9.17, 15) is 0 Å². The lowest BCUT2D eigenvalue weighted by Crippen LogP contribution is -2.41. The number of guanidine groups is 1. The van der Waals surface area contributed by atoms with E-state index in [1.807, 2.05) is 25.6 Å². The van der Waals surface area contributed by atoms with Crippen LogP contribution in [0.25, 0.3) is 0 Å². The lowest BCUT2D eigenvalue weighted by atomic mass is 9.82. The first kappa shape index (κ1) is 19.7. The monoisotopic (exact) mass is 454 g/mol. The van der Waals surface area contributed by atoms with Gasteiger partial charge in [0.2, 0.25) is 0 Å². The number of aliphatic imine (C=N–C) groups is 1. The minimum absolute atomic E-state index is 0. The van der Waals surface area contributed by atoms with Gasteiger partial charge in [0.25, 0.3) is 0 Å². The molecule has 1 atom stereocenters. The molecule has 1 aromatic carbocycles. The molecule has 0 aliphatic carbocycles. The zero-order chi connectivity index (χ0) is 17.2. The number of hydrogen-bond donors (Lipinski definition) is 1. The highest BCUT2D eigenvalue weighted by molar-refractivity contribution is 14.0. The minimum atomic E-state index is 0. The summed E-state index contributed by atoms with van der Waals surface area (Å²) in [5.41, 5.74) is 1.56. The first-order valence-corrected chi connectivity index (χ1v) is 8.39. The average Bonchev–Trinajstić information content (AvgIpc) is 3.15. The fourth-order valence-corrected chi connectivity index (χ4v) is 3.31. The Bertz CT molecular complexity index is 726. The molecular formula is C18H27IN6. The van der Waals surface area contributed by atoms with Crippen molar-refractivity contribution in [3.63, 3.8) is 0 Å². The van der Waals surface area contributed by atoms with Gasteiger partial charge in [0.15, 0.2) is 11.8 Å². The molecule has 2 aromatic rings. The number of benzene rings is 1. The van der Waals surface area contributed by atoms with Gasteiger partial charge < -0.3 is 14.8 Å². The highest BCUT2D eigenvalue weighted by Crippen LogP contribution is 2.33.